The number of sulfonamides is 1. The number of nitrogens with zero attached hydrogens (tertiary/aromatic N) is 1. The molecule has 34 heavy (non-hydrogen) atoms. The summed E-state index contributed by atoms with van der Waals surface area (Å²) in [6.45, 7) is 8.50. The molecule has 0 aromatic heterocycles. The average Bonchev–Trinajstić information content (AvgIpc) is 2.83. The van der Waals surface area contributed by atoms with Gasteiger partial charge in [0.15, 0.2) is 0 Å². The summed E-state index contributed by atoms with van der Waals surface area (Å²) < 4.78 is 27.6. The van der Waals surface area contributed by atoms with Crippen LogP contribution < -0.4 is 10.6 Å². The predicted octanol–water partition coefficient (Wildman–Crippen LogP) is 3.36. The second-order valence-electron chi connectivity index (χ2n) is 9.41. The first kappa shape index (κ1) is 25.9. The molecule has 1 saturated heterocycles. The van der Waals surface area contributed by atoms with E-state index in [0.29, 0.717) is 31.5 Å². The zero-order valence-corrected chi connectivity index (χ0v) is 21.1. The molecule has 184 valence electrons. The zero-order valence-electron chi connectivity index (χ0n) is 20.3. The topological polar surface area (TPSA) is 95.6 Å². The van der Waals surface area contributed by atoms with E-state index in [1.54, 1.807) is 48.5 Å². The van der Waals surface area contributed by atoms with Gasteiger partial charge < -0.3 is 10.6 Å². The predicted molar refractivity (Wildman–Crippen MR) is 133 cm³/mol. The number of amides is 2. The third kappa shape index (κ3) is 6.24. The van der Waals surface area contributed by atoms with Crippen molar-refractivity contribution in [2.75, 3.05) is 13.1 Å². The molecule has 2 N–H and O–H groups in total. The van der Waals surface area contributed by atoms with Gasteiger partial charge >= 0.3 is 0 Å². The van der Waals surface area contributed by atoms with Gasteiger partial charge in [-0.15, -0.1) is 0 Å². The van der Waals surface area contributed by atoms with Crippen LogP contribution in [0.25, 0.3) is 0 Å². The van der Waals surface area contributed by atoms with Crippen LogP contribution in [0, 0.1) is 18.8 Å². The molecule has 2 amide bonds. The van der Waals surface area contributed by atoms with Gasteiger partial charge in [0.05, 0.1) is 4.90 Å². The highest BCUT2D eigenvalue weighted by atomic mass is 32.2. The van der Waals surface area contributed by atoms with Gasteiger partial charge in [-0.2, -0.15) is 4.31 Å². The van der Waals surface area contributed by atoms with Crippen LogP contribution in [0.15, 0.2) is 59.5 Å². The van der Waals surface area contributed by atoms with Crippen molar-refractivity contribution in [3.8, 4) is 0 Å². The summed E-state index contributed by atoms with van der Waals surface area (Å²) >= 11 is 0. The number of aryl methyl sites for hydroxylation is 1. The van der Waals surface area contributed by atoms with Gasteiger partial charge in [0.1, 0.15) is 6.04 Å². The molecule has 0 bridgehead atoms. The van der Waals surface area contributed by atoms with Crippen LogP contribution in [-0.4, -0.2) is 49.7 Å². The molecule has 0 saturated carbocycles. The Balaban J connectivity index is 1.74. The van der Waals surface area contributed by atoms with E-state index in [1.807, 2.05) is 33.8 Å². The summed E-state index contributed by atoms with van der Waals surface area (Å²) in [5, 5.41) is 5.94. The first-order valence-corrected chi connectivity index (χ1v) is 13.3. The smallest absolute Gasteiger partial charge is 0.251 e. The number of benzene rings is 2. The SMILES string of the molecule is Cc1ccc(S(=O)(=O)N2CCC(C(NC(=O)c3ccccc3)C(=O)NC(C)C(C)C)CC2)cc1. The lowest BCUT2D eigenvalue weighted by Gasteiger charge is -2.35. The number of hydrogen-bond acceptors (Lipinski definition) is 4. The van der Waals surface area contributed by atoms with Gasteiger partial charge in [-0.1, -0.05) is 49.7 Å². The molecule has 0 radical (unpaired) electrons. The Labute approximate surface area is 203 Å². The van der Waals surface area contributed by atoms with Gasteiger partial charge in [-0.05, 0) is 62.8 Å². The van der Waals surface area contributed by atoms with Gasteiger partial charge in [0.2, 0.25) is 15.9 Å². The van der Waals surface area contributed by atoms with Crippen LogP contribution in [0.4, 0.5) is 0 Å². The van der Waals surface area contributed by atoms with Crippen LogP contribution in [0.3, 0.4) is 0 Å². The maximum atomic E-state index is 13.2. The van der Waals surface area contributed by atoms with Crippen LogP contribution in [0.2, 0.25) is 0 Å². The quantitative estimate of drug-likeness (QED) is 0.599. The van der Waals surface area contributed by atoms with Gasteiger partial charge in [-0.25, -0.2) is 8.42 Å². The van der Waals surface area contributed by atoms with Crippen molar-refractivity contribution < 1.29 is 18.0 Å². The molecule has 8 heteroatoms. The maximum Gasteiger partial charge on any atom is 0.251 e. The number of rotatable bonds is 8. The van der Waals surface area contributed by atoms with E-state index in [9.17, 15) is 18.0 Å². The summed E-state index contributed by atoms with van der Waals surface area (Å²) in [5.41, 5.74) is 1.48. The minimum absolute atomic E-state index is 0.0503. The minimum atomic E-state index is -3.60. The molecule has 0 aliphatic carbocycles. The van der Waals surface area contributed by atoms with Crippen LogP contribution >= 0.6 is 0 Å². The molecule has 1 aliphatic heterocycles. The van der Waals surface area contributed by atoms with Crippen molar-refractivity contribution in [1.29, 1.82) is 0 Å². The van der Waals surface area contributed by atoms with E-state index >= 15 is 0 Å². The fourth-order valence-electron chi connectivity index (χ4n) is 4.00. The van der Waals surface area contributed by atoms with Crippen LogP contribution in [0.1, 0.15) is 49.5 Å². The summed E-state index contributed by atoms with van der Waals surface area (Å²) in [6, 6.07) is 14.8. The Morgan fingerprint density at radius 3 is 2.06 bits per heavy atom. The Morgan fingerprint density at radius 1 is 0.912 bits per heavy atom. The monoisotopic (exact) mass is 485 g/mol. The number of nitrogens with one attached hydrogen (secondary N) is 2. The normalized spacial score (nSPS) is 17.2. The van der Waals surface area contributed by atoms with E-state index in [4.69, 9.17) is 0 Å². The highest BCUT2D eigenvalue weighted by Crippen LogP contribution is 2.26. The molecule has 2 aromatic rings. The highest BCUT2D eigenvalue weighted by Gasteiger charge is 2.36. The van der Waals surface area contributed by atoms with Crippen molar-refractivity contribution in [3.05, 3.63) is 65.7 Å². The lowest BCUT2D eigenvalue weighted by molar-refractivity contribution is -0.125. The standard InChI is InChI=1S/C26H35N3O4S/c1-18(2)20(4)27-26(31)24(28-25(30)22-8-6-5-7-9-22)21-14-16-29(17-15-21)34(32,33)23-12-10-19(3)11-13-23/h5-13,18,20-21,24H,14-17H2,1-4H3,(H,27,31)(H,28,30). The number of carbonyl (C=O) groups is 2. The van der Waals surface area contributed by atoms with Crippen molar-refractivity contribution >= 4 is 21.8 Å². The lowest BCUT2D eigenvalue weighted by Crippen LogP contribution is -2.55. The molecular formula is C26H35N3O4S. The van der Waals surface area contributed by atoms with E-state index in [-0.39, 0.29) is 34.6 Å². The van der Waals surface area contributed by atoms with Crippen molar-refractivity contribution in [2.45, 2.75) is 57.5 Å². The van der Waals surface area contributed by atoms with E-state index < -0.39 is 16.1 Å². The summed E-state index contributed by atoms with van der Waals surface area (Å²) in [5.74, 6) is -0.467. The second kappa shape index (κ2) is 11.1. The third-order valence-electron chi connectivity index (χ3n) is 6.60. The second-order valence-corrected chi connectivity index (χ2v) is 11.4. The fraction of sp³-hybridized carbons (Fsp3) is 0.462. The van der Waals surface area contributed by atoms with Crippen molar-refractivity contribution in [1.82, 2.24) is 14.9 Å². The summed E-state index contributed by atoms with van der Waals surface area (Å²) in [7, 11) is -3.60. The van der Waals surface area contributed by atoms with Gasteiger partial charge in [0.25, 0.3) is 5.91 Å². The number of piperidine rings is 1. The number of carbonyl (C=O) groups excluding carboxylic acids is 2. The Morgan fingerprint density at radius 2 is 1.50 bits per heavy atom. The van der Waals surface area contributed by atoms with Crippen LogP contribution in [0.5, 0.6) is 0 Å². The molecule has 1 aliphatic rings. The van der Waals surface area contributed by atoms with E-state index in [2.05, 4.69) is 10.6 Å². The van der Waals surface area contributed by atoms with E-state index in [0.717, 1.165) is 5.56 Å². The fourth-order valence-corrected chi connectivity index (χ4v) is 5.47. The molecule has 7 nitrogen and oxygen atoms in total. The largest absolute Gasteiger partial charge is 0.352 e. The lowest BCUT2D eigenvalue weighted by atomic mass is 9.89. The summed E-state index contributed by atoms with van der Waals surface area (Å²) in [6.07, 6.45) is 0.961. The minimum Gasteiger partial charge on any atom is -0.352 e. The van der Waals surface area contributed by atoms with E-state index in [1.165, 1.54) is 4.31 Å². The molecule has 2 unspecified atom stereocenters. The average molecular weight is 486 g/mol. The molecular weight excluding hydrogens is 450 g/mol. The summed E-state index contributed by atoms with van der Waals surface area (Å²) in [4.78, 5) is 26.3. The molecule has 0 spiro atoms. The molecule has 3 rings (SSSR count). The Hall–Kier alpha value is -2.71. The molecule has 1 heterocycles. The Bertz CT molecular complexity index is 1080. The zero-order chi connectivity index (χ0) is 24.9. The highest BCUT2D eigenvalue weighted by molar-refractivity contribution is 7.89. The van der Waals surface area contributed by atoms with Crippen molar-refractivity contribution in [2.24, 2.45) is 11.8 Å². The number of hydrogen-bond donors (Lipinski definition) is 2. The van der Waals surface area contributed by atoms with Gasteiger partial charge in [0, 0.05) is 24.7 Å². The van der Waals surface area contributed by atoms with Crippen molar-refractivity contribution in [3.63, 3.8) is 0 Å². The maximum absolute atomic E-state index is 13.2. The molecule has 2 aromatic carbocycles. The first-order valence-electron chi connectivity index (χ1n) is 11.8. The first-order chi connectivity index (χ1) is 16.1. The third-order valence-corrected chi connectivity index (χ3v) is 8.52. The van der Waals surface area contributed by atoms with Gasteiger partial charge in [-0.3, -0.25) is 9.59 Å². The molecule has 2 atom stereocenters. The van der Waals surface area contributed by atoms with Crippen LogP contribution in [-0.2, 0) is 14.8 Å². The molecule has 1 fully saturated rings. The Kier molecular flexibility index (Phi) is 8.49.